The van der Waals surface area contributed by atoms with Crippen LogP contribution in [0.25, 0.3) is 5.65 Å². The summed E-state index contributed by atoms with van der Waals surface area (Å²) in [5, 5.41) is 6.61. The molecule has 3 aromatic rings. The van der Waals surface area contributed by atoms with E-state index in [9.17, 15) is 9.59 Å². The van der Waals surface area contributed by atoms with Gasteiger partial charge >= 0.3 is 0 Å². The molecule has 4 rings (SSSR count). The van der Waals surface area contributed by atoms with Crippen LogP contribution < -0.4 is 15.6 Å². The molecule has 1 saturated carbocycles. The summed E-state index contributed by atoms with van der Waals surface area (Å²) in [6, 6.07) is 6.23. The van der Waals surface area contributed by atoms with Crippen molar-refractivity contribution in [3.05, 3.63) is 61.7 Å². The second-order valence-electron chi connectivity index (χ2n) is 10.1. The fraction of sp³-hybridized carbons (Fsp3) is 0.519. The molecule has 0 atom stereocenters. The topological polar surface area (TPSA) is 85.7 Å². The predicted molar refractivity (Wildman–Crippen MR) is 145 cm³/mol. The van der Waals surface area contributed by atoms with Crippen molar-refractivity contribution in [2.45, 2.75) is 72.0 Å². The maximum atomic E-state index is 13.3. The van der Waals surface area contributed by atoms with Crippen LogP contribution in [0, 0.1) is 20.8 Å². The van der Waals surface area contributed by atoms with E-state index in [1.165, 1.54) is 6.07 Å². The second-order valence-corrected chi connectivity index (χ2v) is 10.5. The van der Waals surface area contributed by atoms with E-state index in [0.717, 1.165) is 55.0 Å². The molecule has 0 saturated heterocycles. The summed E-state index contributed by atoms with van der Waals surface area (Å²) in [5.74, 6) is 0.477. The van der Waals surface area contributed by atoms with Crippen molar-refractivity contribution in [3.63, 3.8) is 0 Å². The number of rotatable bonds is 7. The molecule has 0 bridgehead atoms. The van der Waals surface area contributed by atoms with Crippen LogP contribution in [-0.2, 0) is 6.54 Å². The molecule has 2 N–H and O–H groups in total. The summed E-state index contributed by atoms with van der Waals surface area (Å²) in [6.07, 6.45) is 4.55. The molecule has 0 radical (unpaired) electrons. The minimum Gasteiger partial charge on any atom is -0.369 e. The molecule has 0 aliphatic heterocycles. The van der Waals surface area contributed by atoms with Crippen molar-refractivity contribution in [2.24, 2.45) is 0 Å². The summed E-state index contributed by atoms with van der Waals surface area (Å²) in [7, 11) is 4.30. The van der Waals surface area contributed by atoms with E-state index in [1.807, 2.05) is 26.8 Å². The quantitative estimate of drug-likeness (QED) is 0.495. The highest BCUT2D eigenvalue weighted by atomic mass is 35.5. The third kappa shape index (κ3) is 5.15. The lowest BCUT2D eigenvalue weighted by Gasteiger charge is -2.40. The molecule has 1 aromatic carbocycles. The van der Waals surface area contributed by atoms with Crippen LogP contribution in [-0.4, -0.2) is 58.1 Å². The van der Waals surface area contributed by atoms with Gasteiger partial charge in [-0.1, -0.05) is 11.6 Å². The first-order valence-corrected chi connectivity index (χ1v) is 13.1. The number of nitrogens with one attached hydrogen (secondary N) is 2. The normalized spacial score (nSPS) is 18.1. The van der Waals surface area contributed by atoms with Crippen molar-refractivity contribution in [2.75, 3.05) is 25.5 Å². The average molecular weight is 513 g/mol. The molecular formula is C27H37ClN6O2. The Hall–Kier alpha value is -2.84. The zero-order chi connectivity index (χ0) is 26.1. The number of anilines is 1. The van der Waals surface area contributed by atoms with Gasteiger partial charge in [0.2, 0.25) is 0 Å². The molecule has 9 heteroatoms. The second kappa shape index (κ2) is 10.6. The van der Waals surface area contributed by atoms with Crippen LogP contribution in [0.1, 0.15) is 65.6 Å². The van der Waals surface area contributed by atoms with E-state index in [-0.39, 0.29) is 17.9 Å². The molecule has 2 aromatic heterocycles. The molecule has 194 valence electrons. The van der Waals surface area contributed by atoms with Crippen molar-refractivity contribution >= 4 is 28.8 Å². The van der Waals surface area contributed by atoms with Crippen LogP contribution in [0.15, 0.2) is 23.0 Å². The van der Waals surface area contributed by atoms with Gasteiger partial charge in [-0.2, -0.15) is 0 Å². The maximum absolute atomic E-state index is 13.3. The predicted octanol–water partition coefficient (Wildman–Crippen LogP) is 4.23. The highest BCUT2D eigenvalue weighted by Crippen LogP contribution is 2.34. The number of carbonyl (C=O) groups is 1. The zero-order valence-electron chi connectivity index (χ0n) is 22.1. The van der Waals surface area contributed by atoms with Gasteiger partial charge < -0.3 is 15.1 Å². The molecule has 1 aliphatic carbocycles. The summed E-state index contributed by atoms with van der Waals surface area (Å²) >= 11 is 6.53. The molecule has 2 heterocycles. The van der Waals surface area contributed by atoms with Gasteiger partial charge in [-0.05, 0) is 85.2 Å². The van der Waals surface area contributed by atoms with Gasteiger partial charge in [-0.15, -0.1) is 0 Å². The minimum absolute atomic E-state index is 0.123. The molecule has 1 fully saturated rings. The van der Waals surface area contributed by atoms with E-state index in [0.29, 0.717) is 33.9 Å². The molecule has 8 nitrogen and oxygen atoms in total. The highest BCUT2D eigenvalue weighted by Gasteiger charge is 2.28. The maximum Gasteiger partial charge on any atom is 0.251 e. The first kappa shape index (κ1) is 26.2. The van der Waals surface area contributed by atoms with E-state index in [4.69, 9.17) is 11.6 Å². The van der Waals surface area contributed by atoms with Gasteiger partial charge in [0, 0.05) is 58.8 Å². The van der Waals surface area contributed by atoms with Crippen LogP contribution in [0.5, 0.6) is 0 Å². The highest BCUT2D eigenvalue weighted by molar-refractivity contribution is 6.31. The number of amides is 1. The lowest BCUT2D eigenvalue weighted by Crippen LogP contribution is -2.42. The summed E-state index contributed by atoms with van der Waals surface area (Å²) in [5.41, 5.74) is 4.13. The SMILES string of the molecule is CCN(c1cc(Cl)cc(C(=O)NCc2c(C)n3[nH]c(C)nc3cc2=O)c1C)[C@H]1CC[C@H](N(C)C)CC1. The summed E-state index contributed by atoms with van der Waals surface area (Å²) in [6.45, 7) is 8.79. The number of halogens is 1. The van der Waals surface area contributed by atoms with E-state index < -0.39 is 0 Å². The summed E-state index contributed by atoms with van der Waals surface area (Å²) in [4.78, 5) is 35.1. The van der Waals surface area contributed by atoms with Crippen molar-refractivity contribution in [1.29, 1.82) is 0 Å². The third-order valence-electron chi connectivity index (χ3n) is 7.62. The molecule has 0 unspecified atom stereocenters. The Kier molecular flexibility index (Phi) is 7.76. The largest absolute Gasteiger partial charge is 0.369 e. The van der Waals surface area contributed by atoms with Crippen LogP contribution in [0.2, 0.25) is 5.02 Å². The Balaban J connectivity index is 1.56. The Morgan fingerprint density at radius 3 is 2.44 bits per heavy atom. The standard InChI is InChI=1S/C27H37ClN6O2/c1-7-33(21-10-8-20(9-11-21)32(5)6)24-13-19(28)12-22(16(24)2)27(36)29-15-23-17(3)34-26(14-25(23)35)30-18(4)31-34/h12-14,20-21H,7-11,15H2,1-6H3,(H,29,36)(H,30,31)/t20-,21-. The average Bonchev–Trinajstić information content (AvgIpc) is 3.21. The fourth-order valence-electron chi connectivity index (χ4n) is 5.53. The van der Waals surface area contributed by atoms with Gasteiger partial charge in [0.15, 0.2) is 11.1 Å². The van der Waals surface area contributed by atoms with E-state index in [1.54, 1.807) is 10.6 Å². The molecule has 0 spiro atoms. The number of hydrogen-bond donors (Lipinski definition) is 2. The van der Waals surface area contributed by atoms with E-state index in [2.05, 4.69) is 46.2 Å². The van der Waals surface area contributed by atoms with Crippen molar-refractivity contribution in [3.8, 4) is 0 Å². The Bertz CT molecular complexity index is 1320. The monoisotopic (exact) mass is 512 g/mol. The number of H-pyrrole nitrogens is 1. The van der Waals surface area contributed by atoms with Gasteiger partial charge in [0.1, 0.15) is 5.82 Å². The molecule has 1 aliphatic rings. The summed E-state index contributed by atoms with van der Waals surface area (Å²) < 4.78 is 1.77. The number of aromatic nitrogens is 3. The number of benzene rings is 1. The number of aryl methyl sites for hydroxylation is 2. The fourth-order valence-corrected chi connectivity index (χ4v) is 5.74. The molecule has 1 amide bonds. The van der Waals surface area contributed by atoms with Gasteiger partial charge in [0.25, 0.3) is 5.91 Å². The first-order chi connectivity index (χ1) is 17.1. The smallest absolute Gasteiger partial charge is 0.251 e. The lowest BCUT2D eigenvalue weighted by atomic mass is 9.89. The zero-order valence-corrected chi connectivity index (χ0v) is 22.9. The van der Waals surface area contributed by atoms with Crippen molar-refractivity contribution < 1.29 is 4.79 Å². The van der Waals surface area contributed by atoms with Gasteiger partial charge in [-0.3, -0.25) is 14.7 Å². The Labute approximate surface area is 217 Å². The Morgan fingerprint density at radius 1 is 1.14 bits per heavy atom. The van der Waals surface area contributed by atoms with Crippen LogP contribution in [0.3, 0.4) is 0 Å². The van der Waals surface area contributed by atoms with Gasteiger partial charge in [-0.25, -0.2) is 9.50 Å². The van der Waals surface area contributed by atoms with Crippen LogP contribution in [0.4, 0.5) is 5.69 Å². The lowest BCUT2D eigenvalue weighted by molar-refractivity contribution is 0.0950. The Morgan fingerprint density at radius 2 is 1.81 bits per heavy atom. The van der Waals surface area contributed by atoms with Crippen LogP contribution >= 0.6 is 11.6 Å². The first-order valence-electron chi connectivity index (χ1n) is 12.7. The number of aromatic amines is 1. The number of carbonyl (C=O) groups excluding carboxylic acids is 1. The van der Waals surface area contributed by atoms with Gasteiger partial charge in [0.05, 0.1) is 0 Å². The van der Waals surface area contributed by atoms with E-state index >= 15 is 0 Å². The number of pyridine rings is 1. The third-order valence-corrected chi connectivity index (χ3v) is 7.84. The number of nitrogens with zero attached hydrogens (tertiary/aromatic N) is 4. The molecular weight excluding hydrogens is 476 g/mol. The molecule has 36 heavy (non-hydrogen) atoms. The van der Waals surface area contributed by atoms with Crippen molar-refractivity contribution in [1.82, 2.24) is 24.8 Å². The minimum atomic E-state index is -0.242. The number of hydrogen-bond acceptors (Lipinski definition) is 5. The number of fused-ring (bicyclic) bond motifs is 1.